The number of hydrogen-bond donors (Lipinski definition) is 3. The Bertz CT molecular complexity index is 574. The van der Waals surface area contributed by atoms with Crippen LogP contribution in [0.3, 0.4) is 0 Å². The van der Waals surface area contributed by atoms with Crippen LogP contribution in [0.25, 0.3) is 0 Å². The van der Waals surface area contributed by atoms with Crippen molar-refractivity contribution in [3.8, 4) is 0 Å². The highest BCUT2D eigenvalue weighted by Crippen LogP contribution is 2.14. The zero-order chi connectivity index (χ0) is 29.4. The summed E-state index contributed by atoms with van der Waals surface area (Å²) in [5.41, 5.74) is 0. The van der Waals surface area contributed by atoms with Crippen molar-refractivity contribution in [2.45, 2.75) is 193 Å². The molecule has 40 heavy (non-hydrogen) atoms. The molecule has 0 aliphatic rings. The first-order valence-electron chi connectivity index (χ1n) is 17.6. The molecule has 4 nitrogen and oxygen atoms in total. The van der Waals surface area contributed by atoms with Crippen LogP contribution in [0, 0.1) is 0 Å². The molecule has 236 valence electrons. The van der Waals surface area contributed by atoms with Gasteiger partial charge in [0.15, 0.2) is 0 Å². The van der Waals surface area contributed by atoms with Gasteiger partial charge in [0.2, 0.25) is 5.91 Å². The van der Waals surface area contributed by atoms with Crippen LogP contribution in [0.4, 0.5) is 0 Å². The molecule has 0 aliphatic heterocycles. The zero-order valence-corrected chi connectivity index (χ0v) is 26.9. The van der Waals surface area contributed by atoms with Crippen molar-refractivity contribution < 1.29 is 15.0 Å². The summed E-state index contributed by atoms with van der Waals surface area (Å²) in [4.78, 5) is 12.2. The summed E-state index contributed by atoms with van der Waals surface area (Å²) in [7, 11) is 0. The molecule has 0 saturated heterocycles. The predicted octanol–water partition coefficient (Wildman–Crippen LogP) is 10.1. The van der Waals surface area contributed by atoms with Gasteiger partial charge in [-0.15, -0.1) is 0 Å². The second kappa shape index (κ2) is 32.4. The lowest BCUT2D eigenvalue weighted by molar-refractivity contribution is -0.123. The van der Waals surface area contributed by atoms with Gasteiger partial charge in [0.25, 0.3) is 0 Å². The quantitative estimate of drug-likeness (QED) is 0.0580. The SMILES string of the molecule is CCCC/C=C\CCCCCCC(=O)NC(CO)C(O)/C=C/CCCCCCCCCCCCCCCCCC. The van der Waals surface area contributed by atoms with Crippen molar-refractivity contribution in [3.63, 3.8) is 0 Å². The van der Waals surface area contributed by atoms with Crippen LogP contribution in [0.1, 0.15) is 181 Å². The number of rotatable bonds is 31. The van der Waals surface area contributed by atoms with E-state index >= 15 is 0 Å². The number of allylic oxidation sites excluding steroid dienone is 3. The summed E-state index contributed by atoms with van der Waals surface area (Å²) < 4.78 is 0. The highest BCUT2D eigenvalue weighted by Gasteiger charge is 2.17. The summed E-state index contributed by atoms with van der Waals surface area (Å²) in [6.07, 6.45) is 39.8. The van der Waals surface area contributed by atoms with E-state index in [1.54, 1.807) is 6.08 Å². The molecule has 0 aromatic carbocycles. The van der Waals surface area contributed by atoms with Gasteiger partial charge < -0.3 is 15.5 Å². The molecular formula is C36H69NO3. The summed E-state index contributed by atoms with van der Waals surface area (Å²) in [5.74, 6) is -0.0798. The number of hydrogen-bond acceptors (Lipinski definition) is 3. The first-order chi connectivity index (χ1) is 19.7. The van der Waals surface area contributed by atoms with Gasteiger partial charge in [0.05, 0.1) is 18.8 Å². The van der Waals surface area contributed by atoms with Crippen LogP contribution in [0.5, 0.6) is 0 Å². The standard InChI is InChI=1S/C36H69NO3/c1-3-5-7-9-11-13-15-16-17-18-19-20-21-22-23-25-27-29-31-35(39)34(33-38)37-36(40)32-30-28-26-24-14-12-10-8-6-4-2/h10,12,29,31,34-35,38-39H,3-9,11,13-28,30,32-33H2,1-2H3,(H,37,40)/b12-10-,31-29+. The fourth-order valence-electron chi connectivity index (χ4n) is 5.16. The molecule has 0 aromatic rings. The van der Waals surface area contributed by atoms with Crippen molar-refractivity contribution in [1.82, 2.24) is 5.32 Å². The molecule has 0 spiro atoms. The summed E-state index contributed by atoms with van der Waals surface area (Å²) in [6, 6.07) is -0.622. The Kier molecular flexibility index (Phi) is 31.5. The van der Waals surface area contributed by atoms with Crippen molar-refractivity contribution in [1.29, 1.82) is 0 Å². The largest absolute Gasteiger partial charge is 0.394 e. The highest BCUT2D eigenvalue weighted by molar-refractivity contribution is 5.76. The lowest BCUT2D eigenvalue weighted by atomic mass is 10.0. The minimum Gasteiger partial charge on any atom is -0.394 e. The molecule has 3 N–H and O–H groups in total. The third-order valence-electron chi connectivity index (χ3n) is 7.93. The first-order valence-corrected chi connectivity index (χ1v) is 17.6. The lowest BCUT2D eigenvalue weighted by Crippen LogP contribution is -2.45. The minimum atomic E-state index is -0.838. The Morgan fingerprint density at radius 3 is 1.45 bits per heavy atom. The lowest BCUT2D eigenvalue weighted by Gasteiger charge is -2.20. The third-order valence-corrected chi connectivity index (χ3v) is 7.93. The van der Waals surface area contributed by atoms with Crippen LogP contribution in [-0.2, 0) is 4.79 Å². The summed E-state index contributed by atoms with van der Waals surface area (Å²) >= 11 is 0. The molecule has 2 atom stereocenters. The molecule has 0 bridgehead atoms. The molecule has 0 radical (unpaired) electrons. The topological polar surface area (TPSA) is 69.6 Å². The van der Waals surface area contributed by atoms with Gasteiger partial charge in [-0.1, -0.05) is 160 Å². The van der Waals surface area contributed by atoms with Crippen molar-refractivity contribution in [2.24, 2.45) is 0 Å². The van der Waals surface area contributed by atoms with E-state index in [0.717, 1.165) is 38.5 Å². The maximum atomic E-state index is 12.2. The smallest absolute Gasteiger partial charge is 0.220 e. The zero-order valence-electron chi connectivity index (χ0n) is 26.9. The molecule has 0 aromatic heterocycles. The molecule has 0 rings (SSSR count). The number of aliphatic hydroxyl groups is 2. The molecule has 1 amide bonds. The van der Waals surface area contributed by atoms with E-state index in [0.29, 0.717) is 6.42 Å². The van der Waals surface area contributed by atoms with Gasteiger partial charge in [0, 0.05) is 6.42 Å². The molecule has 4 heteroatoms. The first kappa shape index (κ1) is 38.9. The Balaban J connectivity index is 3.61. The van der Waals surface area contributed by atoms with E-state index in [1.807, 2.05) is 6.08 Å². The van der Waals surface area contributed by atoms with Gasteiger partial charge in [-0.25, -0.2) is 0 Å². The van der Waals surface area contributed by atoms with Crippen LogP contribution >= 0.6 is 0 Å². The molecule has 0 saturated carbocycles. The maximum absolute atomic E-state index is 12.2. The fourth-order valence-corrected chi connectivity index (χ4v) is 5.16. The van der Waals surface area contributed by atoms with Crippen molar-refractivity contribution in [2.75, 3.05) is 6.61 Å². The normalized spacial score (nSPS) is 13.4. The Morgan fingerprint density at radius 1 is 0.575 bits per heavy atom. The van der Waals surface area contributed by atoms with E-state index < -0.39 is 12.1 Å². The summed E-state index contributed by atoms with van der Waals surface area (Å²) in [5, 5.41) is 22.8. The average molecular weight is 564 g/mol. The Hall–Kier alpha value is -1.13. The minimum absolute atomic E-state index is 0.0798. The number of aliphatic hydroxyl groups excluding tert-OH is 2. The molecule has 2 unspecified atom stereocenters. The van der Waals surface area contributed by atoms with Gasteiger partial charge >= 0.3 is 0 Å². The van der Waals surface area contributed by atoms with Crippen molar-refractivity contribution >= 4 is 5.91 Å². The van der Waals surface area contributed by atoms with E-state index in [4.69, 9.17) is 0 Å². The predicted molar refractivity (Wildman–Crippen MR) is 175 cm³/mol. The van der Waals surface area contributed by atoms with Gasteiger partial charge in [-0.05, 0) is 38.5 Å². The molecule has 0 heterocycles. The van der Waals surface area contributed by atoms with E-state index in [1.165, 1.54) is 122 Å². The average Bonchev–Trinajstić information content (AvgIpc) is 2.96. The second-order valence-electron chi connectivity index (χ2n) is 11.9. The molecule has 0 fully saturated rings. The molecule has 0 aliphatic carbocycles. The second-order valence-corrected chi connectivity index (χ2v) is 11.9. The number of carbonyl (C=O) groups is 1. The highest BCUT2D eigenvalue weighted by atomic mass is 16.3. The Labute approximate surface area is 249 Å². The fraction of sp³-hybridized carbons (Fsp3) is 0.861. The monoisotopic (exact) mass is 564 g/mol. The van der Waals surface area contributed by atoms with Gasteiger partial charge in [0.1, 0.15) is 0 Å². The van der Waals surface area contributed by atoms with Crippen LogP contribution in [-0.4, -0.2) is 34.9 Å². The van der Waals surface area contributed by atoms with Gasteiger partial charge in [-0.2, -0.15) is 0 Å². The van der Waals surface area contributed by atoms with E-state index in [2.05, 4.69) is 31.3 Å². The van der Waals surface area contributed by atoms with E-state index in [9.17, 15) is 15.0 Å². The number of amides is 1. The van der Waals surface area contributed by atoms with Gasteiger partial charge in [-0.3, -0.25) is 4.79 Å². The Morgan fingerprint density at radius 2 is 0.975 bits per heavy atom. The number of nitrogens with one attached hydrogen (secondary N) is 1. The molecular weight excluding hydrogens is 494 g/mol. The van der Waals surface area contributed by atoms with Crippen LogP contribution in [0.15, 0.2) is 24.3 Å². The van der Waals surface area contributed by atoms with Crippen LogP contribution in [0.2, 0.25) is 0 Å². The van der Waals surface area contributed by atoms with E-state index in [-0.39, 0.29) is 12.5 Å². The van der Waals surface area contributed by atoms with Crippen LogP contribution < -0.4 is 5.32 Å². The summed E-state index contributed by atoms with van der Waals surface area (Å²) in [6.45, 7) is 4.25. The third kappa shape index (κ3) is 28.4. The van der Waals surface area contributed by atoms with Crippen molar-refractivity contribution in [3.05, 3.63) is 24.3 Å². The maximum Gasteiger partial charge on any atom is 0.220 e. The number of unbranched alkanes of at least 4 members (excludes halogenated alkanes) is 22. The number of carbonyl (C=O) groups excluding carboxylic acids is 1.